The molecule has 1 fully saturated rings. The van der Waals surface area contributed by atoms with Gasteiger partial charge in [0.25, 0.3) is 0 Å². The molecule has 0 spiro atoms. The van der Waals surface area contributed by atoms with E-state index in [0.29, 0.717) is 0 Å². The first-order valence-electron chi connectivity index (χ1n) is 6.49. The second-order valence-electron chi connectivity index (χ2n) is 4.88. The van der Waals surface area contributed by atoms with Gasteiger partial charge in [-0.15, -0.1) is 0 Å². The lowest BCUT2D eigenvalue weighted by atomic mass is 9.80. The van der Waals surface area contributed by atoms with Crippen LogP contribution >= 0.6 is 11.5 Å². The van der Waals surface area contributed by atoms with E-state index in [1.807, 2.05) is 30.3 Å². The topological polar surface area (TPSA) is 47.0 Å². The fourth-order valence-electron chi connectivity index (χ4n) is 2.26. The van der Waals surface area contributed by atoms with Crippen LogP contribution in [0.1, 0.15) is 19.3 Å². The number of aromatic nitrogens is 2. The minimum absolute atomic E-state index is 0.0125. The van der Waals surface area contributed by atoms with E-state index in [4.69, 9.17) is 4.74 Å². The van der Waals surface area contributed by atoms with Gasteiger partial charge in [0.05, 0.1) is 5.60 Å². The van der Waals surface area contributed by atoms with Crippen LogP contribution in [0.3, 0.4) is 0 Å². The smallest absolute Gasteiger partial charge is 0.202 e. The third-order valence-electron chi connectivity index (χ3n) is 3.72. The summed E-state index contributed by atoms with van der Waals surface area (Å²) in [6.45, 7) is 0.812. The number of ether oxygens (including phenoxy) is 1. The Kier molecular flexibility index (Phi) is 3.48. The lowest BCUT2D eigenvalue weighted by Gasteiger charge is -2.40. The van der Waals surface area contributed by atoms with E-state index < -0.39 is 0 Å². The maximum absolute atomic E-state index is 5.58. The molecule has 1 saturated carbocycles. The van der Waals surface area contributed by atoms with Gasteiger partial charge >= 0.3 is 0 Å². The Balaban J connectivity index is 1.65. The van der Waals surface area contributed by atoms with E-state index in [0.717, 1.165) is 35.9 Å². The molecule has 1 N–H and O–H groups in total. The van der Waals surface area contributed by atoms with Crippen molar-refractivity contribution in [2.45, 2.75) is 24.9 Å². The number of rotatable bonds is 5. The highest BCUT2D eigenvalue weighted by Crippen LogP contribution is 2.35. The van der Waals surface area contributed by atoms with Crippen molar-refractivity contribution in [3.05, 3.63) is 30.3 Å². The lowest BCUT2D eigenvalue weighted by Crippen LogP contribution is -2.45. The summed E-state index contributed by atoms with van der Waals surface area (Å²) in [5, 5.41) is 4.21. The molecule has 0 bridgehead atoms. The number of nitrogens with one attached hydrogen (secondary N) is 1. The van der Waals surface area contributed by atoms with Crippen LogP contribution < -0.4 is 5.32 Å². The molecule has 0 unspecified atom stereocenters. The van der Waals surface area contributed by atoms with Crippen molar-refractivity contribution in [3.63, 3.8) is 0 Å². The van der Waals surface area contributed by atoms with Crippen LogP contribution in [-0.4, -0.2) is 28.6 Å². The van der Waals surface area contributed by atoms with E-state index in [9.17, 15) is 0 Å². The van der Waals surface area contributed by atoms with E-state index in [1.165, 1.54) is 18.0 Å². The average Bonchev–Trinajstić information content (AvgIpc) is 2.88. The van der Waals surface area contributed by atoms with Crippen molar-refractivity contribution in [1.82, 2.24) is 9.36 Å². The van der Waals surface area contributed by atoms with Gasteiger partial charge in [-0.2, -0.15) is 9.36 Å². The van der Waals surface area contributed by atoms with Crippen LogP contribution in [0.2, 0.25) is 0 Å². The van der Waals surface area contributed by atoms with E-state index in [1.54, 1.807) is 7.11 Å². The molecule has 1 aromatic carbocycles. The summed E-state index contributed by atoms with van der Waals surface area (Å²) in [6, 6.07) is 10.0. The number of hydrogen-bond donors (Lipinski definition) is 1. The Hall–Kier alpha value is -1.46. The predicted molar refractivity (Wildman–Crippen MR) is 77.4 cm³/mol. The molecule has 1 heterocycles. The van der Waals surface area contributed by atoms with Gasteiger partial charge in [-0.3, -0.25) is 0 Å². The third-order valence-corrected chi connectivity index (χ3v) is 4.39. The molecule has 0 saturated heterocycles. The van der Waals surface area contributed by atoms with Gasteiger partial charge in [0.15, 0.2) is 5.82 Å². The Morgan fingerprint density at radius 1 is 1.32 bits per heavy atom. The molecule has 3 rings (SSSR count). The van der Waals surface area contributed by atoms with Gasteiger partial charge in [0, 0.05) is 30.8 Å². The van der Waals surface area contributed by atoms with Gasteiger partial charge in [-0.25, -0.2) is 0 Å². The fraction of sp³-hybridized carbons (Fsp3) is 0.429. The molecule has 1 aromatic heterocycles. The molecular formula is C14H17N3OS. The molecule has 1 aliphatic rings. The summed E-state index contributed by atoms with van der Waals surface area (Å²) < 4.78 is 9.96. The summed E-state index contributed by atoms with van der Waals surface area (Å²) in [4.78, 5) is 4.52. The van der Waals surface area contributed by atoms with Crippen LogP contribution in [0, 0.1) is 0 Å². The Morgan fingerprint density at radius 2 is 2.11 bits per heavy atom. The number of nitrogens with zero attached hydrogens (tertiary/aromatic N) is 2. The van der Waals surface area contributed by atoms with Crippen molar-refractivity contribution < 1.29 is 4.74 Å². The average molecular weight is 275 g/mol. The highest BCUT2D eigenvalue weighted by Gasteiger charge is 2.36. The second kappa shape index (κ2) is 5.27. The molecule has 2 aromatic rings. The summed E-state index contributed by atoms with van der Waals surface area (Å²) in [5.41, 5.74) is 1.07. The van der Waals surface area contributed by atoms with Crippen LogP contribution in [0.15, 0.2) is 30.3 Å². The standard InChI is InChI=1S/C14H17N3OS/c1-18-14(8-5-9-14)10-15-13-16-12(17-19-13)11-6-3-2-4-7-11/h2-4,6-7H,5,8-10H2,1H3,(H,15,16,17). The largest absolute Gasteiger partial charge is 0.376 e. The van der Waals surface area contributed by atoms with E-state index in [-0.39, 0.29) is 5.60 Å². The number of methoxy groups -OCH3 is 1. The minimum atomic E-state index is 0.0125. The zero-order chi connectivity index (χ0) is 13.1. The van der Waals surface area contributed by atoms with Crippen molar-refractivity contribution in [2.24, 2.45) is 0 Å². The highest BCUT2D eigenvalue weighted by molar-refractivity contribution is 7.09. The molecule has 4 nitrogen and oxygen atoms in total. The molecule has 0 aliphatic heterocycles. The van der Waals surface area contributed by atoms with E-state index in [2.05, 4.69) is 14.7 Å². The van der Waals surface area contributed by atoms with Gasteiger partial charge < -0.3 is 10.1 Å². The minimum Gasteiger partial charge on any atom is -0.376 e. The Labute approximate surface area is 117 Å². The first-order chi connectivity index (χ1) is 9.31. The number of hydrogen-bond acceptors (Lipinski definition) is 5. The maximum atomic E-state index is 5.58. The maximum Gasteiger partial charge on any atom is 0.202 e. The molecule has 0 amide bonds. The Bertz CT molecular complexity index is 531. The molecule has 1 aliphatic carbocycles. The fourth-order valence-corrected chi connectivity index (χ4v) is 2.84. The predicted octanol–water partition coefficient (Wildman–Crippen LogP) is 3.19. The summed E-state index contributed by atoms with van der Waals surface area (Å²) in [7, 11) is 1.79. The van der Waals surface area contributed by atoms with E-state index >= 15 is 0 Å². The van der Waals surface area contributed by atoms with Gasteiger partial charge in [0.2, 0.25) is 5.13 Å². The van der Waals surface area contributed by atoms with Gasteiger partial charge in [-0.1, -0.05) is 30.3 Å². The van der Waals surface area contributed by atoms with Crippen LogP contribution in [0.25, 0.3) is 11.4 Å². The zero-order valence-corrected chi connectivity index (χ0v) is 11.7. The summed E-state index contributed by atoms with van der Waals surface area (Å²) in [6.07, 6.45) is 3.50. The normalized spacial score (nSPS) is 16.9. The quantitative estimate of drug-likeness (QED) is 0.910. The monoisotopic (exact) mass is 275 g/mol. The van der Waals surface area contributed by atoms with Crippen LogP contribution in [0.5, 0.6) is 0 Å². The van der Waals surface area contributed by atoms with Gasteiger partial charge in [0.1, 0.15) is 0 Å². The van der Waals surface area contributed by atoms with Crippen molar-refractivity contribution in [2.75, 3.05) is 19.0 Å². The van der Waals surface area contributed by atoms with Crippen molar-refractivity contribution in [3.8, 4) is 11.4 Å². The first kappa shape index (κ1) is 12.6. The number of anilines is 1. The number of benzene rings is 1. The first-order valence-corrected chi connectivity index (χ1v) is 7.27. The van der Waals surface area contributed by atoms with Crippen molar-refractivity contribution >= 4 is 16.7 Å². The highest BCUT2D eigenvalue weighted by atomic mass is 32.1. The SMILES string of the molecule is COC1(CNc2nc(-c3ccccc3)ns2)CCC1. The Morgan fingerprint density at radius 3 is 2.74 bits per heavy atom. The molecule has 5 heteroatoms. The summed E-state index contributed by atoms with van der Waals surface area (Å²) >= 11 is 1.40. The molecular weight excluding hydrogens is 258 g/mol. The molecule has 19 heavy (non-hydrogen) atoms. The third kappa shape index (κ3) is 2.62. The molecule has 100 valence electrons. The summed E-state index contributed by atoms with van der Waals surface area (Å²) in [5.74, 6) is 0.785. The zero-order valence-electron chi connectivity index (χ0n) is 10.9. The van der Waals surface area contributed by atoms with Gasteiger partial charge in [-0.05, 0) is 19.3 Å². The molecule has 0 radical (unpaired) electrons. The van der Waals surface area contributed by atoms with Crippen LogP contribution in [0.4, 0.5) is 5.13 Å². The van der Waals surface area contributed by atoms with Crippen LogP contribution in [-0.2, 0) is 4.74 Å². The molecule has 0 atom stereocenters. The lowest BCUT2D eigenvalue weighted by molar-refractivity contribution is -0.0601. The second-order valence-corrected chi connectivity index (χ2v) is 5.64. The van der Waals surface area contributed by atoms with Crippen molar-refractivity contribution in [1.29, 1.82) is 0 Å².